The number of carbonyl (C=O) groups excluding carboxylic acids is 6. The fourth-order valence-electron chi connectivity index (χ4n) is 11.2. The Morgan fingerprint density at radius 1 is 0.464 bits per heavy atom. The van der Waals surface area contributed by atoms with E-state index in [4.69, 9.17) is 11.7 Å². The maximum atomic E-state index is 13.0. The number of amides is 8. The van der Waals surface area contributed by atoms with Crippen LogP contribution in [0.2, 0.25) is 0 Å². The Bertz CT molecular complexity index is 1440. The molecule has 0 aliphatic heterocycles. The number of hydrazine groups is 2. The average molecular weight is 791 g/mol. The van der Waals surface area contributed by atoms with Gasteiger partial charge in [-0.3, -0.25) is 20.4 Å². The zero-order chi connectivity index (χ0) is 42.2. The van der Waals surface area contributed by atoms with Crippen molar-refractivity contribution < 1.29 is 28.8 Å². The summed E-state index contributed by atoms with van der Waals surface area (Å²) >= 11 is 0. The normalized spacial score (nSPS) is 30.4. The Hall–Kier alpha value is -3.66. The van der Waals surface area contributed by atoms with Crippen LogP contribution in [0.3, 0.4) is 0 Å². The van der Waals surface area contributed by atoms with Crippen molar-refractivity contribution in [2.24, 2.45) is 44.2 Å². The second-order valence-corrected chi connectivity index (χ2v) is 20.9. The molecule has 0 aromatic rings. The number of nitrogens with two attached hydrogens (primary N) is 2. The second-order valence-electron chi connectivity index (χ2n) is 20.9. The SMILES string of the molecule is CC1(C)CC(NC(=O)NN)CC(C)(CCC(=O)CNC(=O)NC2CC(C)(C)CC(C)(CCC(=O)CNC(=O)NCC3(C)CC(NC(=O)NN)CC(C)(C)C3)C2)C1. The van der Waals surface area contributed by atoms with Crippen LogP contribution in [0.15, 0.2) is 0 Å². The summed E-state index contributed by atoms with van der Waals surface area (Å²) in [6.07, 6.45) is 9.12. The largest absolute Gasteiger partial charge is 0.338 e. The first-order chi connectivity index (χ1) is 25.8. The molecule has 0 saturated heterocycles. The molecule has 6 atom stereocenters. The van der Waals surface area contributed by atoms with E-state index in [1.807, 2.05) is 0 Å². The summed E-state index contributed by atoms with van der Waals surface area (Å²) in [5, 5.41) is 17.3. The van der Waals surface area contributed by atoms with Gasteiger partial charge in [0.25, 0.3) is 0 Å². The quantitative estimate of drug-likeness (QED) is 0.0646. The van der Waals surface area contributed by atoms with Gasteiger partial charge in [-0.2, -0.15) is 0 Å². The summed E-state index contributed by atoms with van der Waals surface area (Å²) in [7, 11) is 0. The van der Waals surface area contributed by atoms with Crippen molar-refractivity contribution in [1.82, 2.24) is 42.8 Å². The summed E-state index contributed by atoms with van der Waals surface area (Å²) in [6.45, 7) is 19.6. The highest BCUT2D eigenvalue weighted by Crippen LogP contribution is 2.50. The summed E-state index contributed by atoms with van der Waals surface area (Å²) in [4.78, 5) is 75.3. The number of hydrogen-bond donors (Lipinski definition) is 10. The van der Waals surface area contributed by atoms with Gasteiger partial charge in [-0.1, -0.05) is 62.3 Å². The van der Waals surface area contributed by atoms with Gasteiger partial charge in [0, 0.05) is 37.5 Å². The smallest absolute Gasteiger partial charge is 0.329 e. The highest BCUT2D eigenvalue weighted by atomic mass is 16.2. The number of urea groups is 4. The number of hydrogen-bond acceptors (Lipinski definition) is 8. The first-order valence-corrected chi connectivity index (χ1v) is 20.4. The highest BCUT2D eigenvalue weighted by molar-refractivity contribution is 5.86. The van der Waals surface area contributed by atoms with Crippen molar-refractivity contribution in [3.05, 3.63) is 0 Å². The van der Waals surface area contributed by atoms with Crippen molar-refractivity contribution in [2.45, 2.75) is 164 Å². The first-order valence-electron chi connectivity index (χ1n) is 20.4. The molecule has 3 saturated carbocycles. The minimum absolute atomic E-state index is 0.00725. The van der Waals surface area contributed by atoms with Gasteiger partial charge >= 0.3 is 24.1 Å². The fourth-order valence-corrected chi connectivity index (χ4v) is 11.2. The molecule has 0 spiro atoms. The van der Waals surface area contributed by atoms with E-state index in [0.717, 1.165) is 44.9 Å². The third-order valence-electron chi connectivity index (χ3n) is 12.2. The molecule has 3 aliphatic carbocycles. The molecule has 320 valence electrons. The van der Waals surface area contributed by atoms with Crippen LogP contribution in [0.4, 0.5) is 19.2 Å². The second kappa shape index (κ2) is 18.7. The van der Waals surface area contributed by atoms with Crippen molar-refractivity contribution in [1.29, 1.82) is 0 Å². The van der Waals surface area contributed by atoms with Crippen LogP contribution >= 0.6 is 0 Å². The Balaban J connectivity index is 1.41. The molecule has 8 amide bonds. The maximum Gasteiger partial charge on any atom is 0.329 e. The molecule has 0 radical (unpaired) electrons. The minimum Gasteiger partial charge on any atom is -0.338 e. The van der Waals surface area contributed by atoms with Gasteiger partial charge < -0.3 is 31.9 Å². The van der Waals surface area contributed by atoms with Gasteiger partial charge in [-0.25, -0.2) is 30.9 Å². The average Bonchev–Trinajstić information content (AvgIpc) is 3.04. The maximum absolute atomic E-state index is 13.0. The predicted octanol–water partition coefficient (Wildman–Crippen LogP) is 4.38. The van der Waals surface area contributed by atoms with Crippen LogP contribution in [0, 0.1) is 32.5 Å². The topological polar surface area (TPSA) is 251 Å². The lowest BCUT2D eigenvalue weighted by atomic mass is 9.61. The standard InChI is InChI=1S/C40H74N10O6/c1-35(2)14-26(46-32(54)44-21-30(52)11-13-39(8)18-27(47-33(55)49-41)15-36(3,4)23-39)17-38(7,22-35)12-10-29(51)20-43-31(53)45-25-40(9)19-28(48-34(56)50-42)16-37(5,6)24-40/h26-28H,10-25,41-42H2,1-9H3,(H2,43,45,53)(H2,44,46,54)(H2,47,49,55)(H2,48,50,56). The van der Waals surface area contributed by atoms with Gasteiger partial charge in [-0.05, 0) is 103 Å². The number of nitrogens with one attached hydrogen (secondary N) is 8. The highest BCUT2D eigenvalue weighted by Gasteiger charge is 2.44. The number of Topliss-reactive ketones (excluding diaryl/α,β-unsaturated/α-hetero) is 2. The molecule has 0 aromatic carbocycles. The zero-order valence-corrected chi connectivity index (χ0v) is 35.6. The zero-order valence-electron chi connectivity index (χ0n) is 35.6. The first kappa shape index (κ1) is 46.7. The van der Waals surface area contributed by atoms with Crippen molar-refractivity contribution in [3.8, 4) is 0 Å². The predicted molar refractivity (Wildman–Crippen MR) is 217 cm³/mol. The van der Waals surface area contributed by atoms with E-state index in [2.05, 4.69) is 105 Å². The van der Waals surface area contributed by atoms with E-state index in [-0.39, 0.29) is 81.3 Å². The molecule has 56 heavy (non-hydrogen) atoms. The lowest BCUT2D eigenvalue weighted by Crippen LogP contribution is -2.53. The number of carbonyl (C=O) groups is 6. The third kappa shape index (κ3) is 15.7. The molecule has 3 fully saturated rings. The molecule has 0 aromatic heterocycles. The van der Waals surface area contributed by atoms with Crippen LogP contribution in [-0.4, -0.2) is 73.5 Å². The summed E-state index contributed by atoms with van der Waals surface area (Å²) < 4.78 is 0. The van der Waals surface area contributed by atoms with Crippen molar-refractivity contribution >= 4 is 35.7 Å². The van der Waals surface area contributed by atoms with Gasteiger partial charge in [0.2, 0.25) is 0 Å². The lowest BCUT2D eigenvalue weighted by molar-refractivity contribution is -0.119. The van der Waals surface area contributed by atoms with Crippen molar-refractivity contribution in [2.75, 3.05) is 19.6 Å². The van der Waals surface area contributed by atoms with E-state index < -0.39 is 18.1 Å². The molecule has 3 rings (SSSR count). The van der Waals surface area contributed by atoms with Crippen LogP contribution in [0.25, 0.3) is 0 Å². The number of ketones is 2. The monoisotopic (exact) mass is 791 g/mol. The molecule has 3 aliphatic rings. The Morgan fingerprint density at radius 3 is 1.20 bits per heavy atom. The molecule has 0 heterocycles. The molecule has 16 nitrogen and oxygen atoms in total. The van der Waals surface area contributed by atoms with Gasteiger partial charge in [0.05, 0.1) is 13.1 Å². The molecule has 16 heteroatoms. The van der Waals surface area contributed by atoms with Gasteiger partial charge in [0.1, 0.15) is 0 Å². The van der Waals surface area contributed by atoms with Crippen LogP contribution in [0.5, 0.6) is 0 Å². The van der Waals surface area contributed by atoms with E-state index in [1.165, 1.54) is 0 Å². The molecule has 6 unspecified atom stereocenters. The van der Waals surface area contributed by atoms with Gasteiger partial charge in [-0.15, -0.1) is 0 Å². The Labute approximate surface area is 334 Å². The van der Waals surface area contributed by atoms with E-state index >= 15 is 0 Å². The van der Waals surface area contributed by atoms with Crippen LogP contribution in [-0.2, 0) is 9.59 Å². The van der Waals surface area contributed by atoms with Crippen LogP contribution in [0.1, 0.15) is 146 Å². The molecular formula is C40H74N10O6. The minimum atomic E-state index is -0.433. The van der Waals surface area contributed by atoms with E-state index in [0.29, 0.717) is 45.1 Å². The van der Waals surface area contributed by atoms with E-state index in [9.17, 15) is 28.8 Å². The third-order valence-corrected chi connectivity index (χ3v) is 12.2. The summed E-state index contributed by atoms with van der Waals surface area (Å²) in [5.41, 5.74) is 3.52. The van der Waals surface area contributed by atoms with Gasteiger partial charge in [0.15, 0.2) is 11.6 Å². The summed E-state index contributed by atoms with van der Waals surface area (Å²) in [5.74, 6) is 10.4. The number of rotatable bonds is 15. The van der Waals surface area contributed by atoms with Crippen LogP contribution < -0.4 is 54.4 Å². The molecular weight excluding hydrogens is 717 g/mol. The Kier molecular flexibility index (Phi) is 15.6. The molecule has 12 N–H and O–H groups in total. The van der Waals surface area contributed by atoms with Crippen molar-refractivity contribution in [3.63, 3.8) is 0 Å². The Morgan fingerprint density at radius 2 is 0.804 bits per heavy atom. The lowest BCUT2D eigenvalue weighted by Gasteiger charge is -2.47. The summed E-state index contributed by atoms with van der Waals surface area (Å²) in [6, 6.07) is -1.88. The fraction of sp³-hybridized carbons (Fsp3) is 0.850. The molecule has 0 bridgehead atoms. The van der Waals surface area contributed by atoms with E-state index in [1.54, 1.807) is 0 Å².